The summed E-state index contributed by atoms with van der Waals surface area (Å²) in [6, 6.07) is 23.7. The number of rotatable bonds is 4. The van der Waals surface area contributed by atoms with E-state index >= 15 is 0 Å². The van der Waals surface area contributed by atoms with Crippen LogP contribution in [0, 0.1) is 0 Å². The lowest BCUT2D eigenvalue weighted by Crippen LogP contribution is -2.19. The number of fused-ring (bicyclic) bond motifs is 1. The molecule has 4 rings (SSSR count). The lowest BCUT2D eigenvalue weighted by molar-refractivity contribution is -0.116. The van der Waals surface area contributed by atoms with Gasteiger partial charge in [0.25, 0.3) is 0 Å². The molecule has 0 spiro atoms. The van der Waals surface area contributed by atoms with Crippen molar-refractivity contribution in [1.82, 2.24) is 0 Å². The minimum absolute atomic E-state index is 0.0324. The molecule has 0 unspecified atom stereocenters. The zero-order valence-corrected chi connectivity index (χ0v) is 15.3. The highest BCUT2D eigenvalue weighted by Crippen LogP contribution is 2.26. The van der Waals surface area contributed by atoms with Crippen LogP contribution in [0.3, 0.4) is 0 Å². The third kappa shape index (κ3) is 4.18. The van der Waals surface area contributed by atoms with E-state index in [1.165, 1.54) is 6.08 Å². The van der Waals surface area contributed by atoms with Gasteiger partial charge in [0.05, 0.1) is 0 Å². The summed E-state index contributed by atoms with van der Waals surface area (Å²) >= 11 is 0. The Morgan fingerprint density at radius 1 is 0.893 bits per heavy atom. The molecule has 138 valence electrons. The number of aryl methyl sites for hydroxylation is 1. The summed E-state index contributed by atoms with van der Waals surface area (Å²) in [5, 5.41) is 5.72. The summed E-state index contributed by atoms with van der Waals surface area (Å²) < 4.78 is 0. The molecule has 0 aliphatic carbocycles. The van der Waals surface area contributed by atoms with Crippen LogP contribution in [0.2, 0.25) is 0 Å². The van der Waals surface area contributed by atoms with E-state index in [1.807, 2.05) is 42.5 Å². The molecule has 4 heteroatoms. The van der Waals surface area contributed by atoms with E-state index < -0.39 is 0 Å². The van der Waals surface area contributed by atoms with Gasteiger partial charge in [-0.25, -0.2) is 0 Å². The van der Waals surface area contributed by atoms with Gasteiger partial charge >= 0.3 is 0 Å². The second kappa shape index (κ2) is 7.92. The maximum Gasteiger partial charge on any atom is 0.248 e. The first-order valence-electron chi connectivity index (χ1n) is 9.25. The quantitative estimate of drug-likeness (QED) is 0.644. The van der Waals surface area contributed by atoms with Gasteiger partial charge < -0.3 is 10.6 Å². The Kier molecular flexibility index (Phi) is 5.02. The third-order valence-electron chi connectivity index (χ3n) is 4.69. The van der Waals surface area contributed by atoms with Crippen molar-refractivity contribution in [3.63, 3.8) is 0 Å². The maximum absolute atomic E-state index is 12.3. The van der Waals surface area contributed by atoms with E-state index in [0.717, 1.165) is 33.6 Å². The summed E-state index contributed by atoms with van der Waals surface area (Å²) in [4.78, 5) is 23.7. The molecule has 0 saturated carbocycles. The highest BCUT2D eigenvalue weighted by molar-refractivity contribution is 6.02. The molecule has 0 aromatic heterocycles. The van der Waals surface area contributed by atoms with Crippen LogP contribution >= 0.6 is 0 Å². The first-order valence-corrected chi connectivity index (χ1v) is 9.25. The van der Waals surface area contributed by atoms with Crippen molar-refractivity contribution >= 4 is 29.3 Å². The number of hydrogen-bond donors (Lipinski definition) is 2. The fraction of sp³-hybridized carbons (Fsp3) is 0.0833. The van der Waals surface area contributed by atoms with E-state index in [2.05, 4.69) is 34.9 Å². The smallest absolute Gasteiger partial charge is 0.248 e. The lowest BCUT2D eigenvalue weighted by Gasteiger charge is -2.17. The van der Waals surface area contributed by atoms with Crippen molar-refractivity contribution in [1.29, 1.82) is 0 Å². The predicted octanol–water partition coefficient (Wildman–Crippen LogP) is 4.89. The molecule has 28 heavy (non-hydrogen) atoms. The van der Waals surface area contributed by atoms with Crippen molar-refractivity contribution in [3.05, 3.63) is 90.0 Å². The molecular weight excluding hydrogens is 348 g/mol. The number of nitrogens with one attached hydrogen (secondary N) is 2. The molecule has 0 radical (unpaired) electrons. The largest absolute Gasteiger partial charge is 0.326 e. The van der Waals surface area contributed by atoms with Gasteiger partial charge in [-0.05, 0) is 59.0 Å². The normalized spacial score (nSPS) is 13.1. The Balaban J connectivity index is 1.44. The Bertz CT molecular complexity index is 1060. The third-order valence-corrected chi connectivity index (χ3v) is 4.69. The predicted molar refractivity (Wildman–Crippen MR) is 113 cm³/mol. The first-order chi connectivity index (χ1) is 13.7. The highest BCUT2D eigenvalue weighted by Gasteiger charge is 2.14. The van der Waals surface area contributed by atoms with Gasteiger partial charge in [0.15, 0.2) is 0 Å². The lowest BCUT2D eigenvalue weighted by atomic mass is 10.0. The molecular formula is C24H20N2O2. The topological polar surface area (TPSA) is 58.2 Å². The van der Waals surface area contributed by atoms with Crippen molar-refractivity contribution in [2.75, 3.05) is 10.6 Å². The molecule has 0 fully saturated rings. The van der Waals surface area contributed by atoms with Crippen LogP contribution < -0.4 is 10.6 Å². The Morgan fingerprint density at radius 3 is 2.57 bits per heavy atom. The molecule has 2 amide bonds. The number of carbonyl (C=O) groups excluding carboxylic acids is 2. The van der Waals surface area contributed by atoms with Crippen molar-refractivity contribution < 1.29 is 9.59 Å². The monoisotopic (exact) mass is 368 g/mol. The average Bonchev–Trinajstić information content (AvgIpc) is 2.73. The van der Waals surface area contributed by atoms with Crippen molar-refractivity contribution in [3.8, 4) is 11.1 Å². The van der Waals surface area contributed by atoms with E-state index in [9.17, 15) is 9.59 Å². The summed E-state index contributed by atoms with van der Waals surface area (Å²) in [7, 11) is 0. The standard InChI is InChI=1S/C24H20N2O2/c27-23(25-21-11-12-22-20(16-21)10-14-24(28)26-22)13-9-17-5-4-8-19(15-17)18-6-2-1-3-7-18/h1-9,11-13,15-16H,10,14H2,(H,25,27)(H,26,28)/b13-9+. The zero-order valence-electron chi connectivity index (χ0n) is 15.3. The van der Waals surface area contributed by atoms with Gasteiger partial charge in [0.2, 0.25) is 11.8 Å². The van der Waals surface area contributed by atoms with Crippen molar-refractivity contribution in [2.45, 2.75) is 12.8 Å². The van der Waals surface area contributed by atoms with Gasteiger partial charge in [-0.1, -0.05) is 48.5 Å². The summed E-state index contributed by atoms with van der Waals surface area (Å²) in [6.45, 7) is 0. The molecule has 0 atom stereocenters. The zero-order chi connectivity index (χ0) is 19.3. The fourth-order valence-electron chi connectivity index (χ4n) is 3.27. The van der Waals surface area contributed by atoms with Crippen molar-refractivity contribution in [2.24, 2.45) is 0 Å². The summed E-state index contributed by atoms with van der Waals surface area (Å²) in [5.74, 6) is -0.158. The summed E-state index contributed by atoms with van der Waals surface area (Å²) in [6.07, 6.45) is 4.50. The second-order valence-electron chi connectivity index (χ2n) is 6.73. The van der Waals surface area contributed by atoms with Crippen LogP contribution in [0.5, 0.6) is 0 Å². The van der Waals surface area contributed by atoms with Gasteiger partial charge in [-0.2, -0.15) is 0 Å². The van der Waals surface area contributed by atoms with E-state index in [0.29, 0.717) is 12.8 Å². The number of anilines is 2. The Hall–Kier alpha value is -3.66. The van der Waals surface area contributed by atoms with Crippen LogP contribution in [-0.4, -0.2) is 11.8 Å². The highest BCUT2D eigenvalue weighted by atomic mass is 16.2. The number of carbonyl (C=O) groups is 2. The molecule has 0 saturated heterocycles. The molecule has 1 aliphatic heterocycles. The Morgan fingerprint density at radius 2 is 1.71 bits per heavy atom. The fourth-order valence-corrected chi connectivity index (χ4v) is 3.27. The number of amides is 2. The average molecular weight is 368 g/mol. The van der Waals surface area contributed by atoms with Gasteiger partial charge in [-0.3, -0.25) is 9.59 Å². The number of hydrogen-bond acceptors (Lipinski definition) is 2. The number of benzene rings is 3. The van der Waals surface area contributed by atoms with Gasteiger partial charge in [-0.15, -0.1) is 0 Å². The van der Waals surface area contributed by atoms with Crippen LogP contribution in [0.4, 0.5) is 11.4 Å². The van der Waals surface area contributed by atoms with E-state index in [4.69, 9.17) is 0 Å². The second-order valence-corrected chi connectivity index (χ2v) is 6.73. The molecule has 0 bridgehead atoms. The van der Waals surface area contributed by atoms with E-state index in [-0.39, 0.29) is 11.8 Å². The molecule has 1 aliphatic rings. The molecule has 3 aromatic rings. The minimum Gasteiger partial charge on any atom is -0.326 e. The molecule has 3 aromatic carbocycles. The molecule has 2 N–H and O–H groups in total. The van der Waals surface area contributed by atoms with Crippen LogP contribution in [0.15, 0.2) is 78.9 Å². The van der Waals surface area contributed by atoms with Crippen LogP contribution in [0.1, 0.15) is 17.5 Å². The SMILES string of the molecule is O=C(/C=C/c1cccc(-c2ccccc2)c1)Nc1ccc2c(c1)CCC(=O)N2. The van der Waals surface area contributed by atoms with Gasteiger partial charge in [0, 0.05) is 23.9 Å². The minimum atomic E-state index is -0.190. The van der Waals surface area contributed by atoms with Crippen LogP contribution in [0.25, 0.3) is 17.2 Å². The summed E-state index contributed by atoms with van der Waals surface area (Å²) in [5.41, 5.74) is 5.80. The molecule has 4 nitrogen and oxygen atoms in total. The maximum atomic E-state index is 12.3. The van der Waals surface area contributed by atoms with Crippen LogP contribution in [-0.2, 0) is 16.0 Å². The molecule has 1 heterocycles. The first kappa shape index (κ1) is 17.7. The van der Waals surface area contributed by atoms with E-state index in [1.54, 1.807) is 12.1 Å². The Labute approximate surface area is 163 Å². The van der Waals surface area contributed by atoms with Gasteiger partial charge in [0.1, 0.15) is 0 Å².